The van der Waals surface area contributed by atoms with Gasteiger partial charge in [-0.2, -0.15) is 4.31 Å². The Hall–Kier alpha value is -1.65. The monoisotopic (exact) mass is 470 g/mol. The number of amides is 3. The van der Waals surface area contributed by atoms with Crippen molar-refractivity contribution < 1.29 is 18.0 Å². The van der Waals surface area contributed by atoms with Crippen LogP contribution in [0.25, 0.3) is 0 Å². The maximum atomic E-state index is 12.7. The van der Waals surface area contributed by atoms with E-state index in [9.17, 15) is 18.0 Å². The number of urea groups is 1. The summed E-state index contributed by atoms with van der Waals surface area (Å²) in [6, 6.07) is 3.50. The molecular weight excluding hydrogens is 436 g/mol. The average Bonchev–Trinajstić information content (AvgIpc) is 3.27. The van der Waals surface area contributed by atoms with Crippen LogP contribution < -0.4 is 16.0 Å². The van der Waals surface area contributed by atoms with Crippen LogP contribution in [0, 0.1) is 0 Å². The standard InChI is InChI=1S/C21H34N4O4S2/c26-19(10-7-13-22-21(27)24-17-8-3-1-4-9-17)23-16-18-11-12-20(30-18)31(28,29)25-14-5-2-6-15-25/h11-12,17H,1-10,13-16H2,(H,23,26)(H2,22,24,27). The van der Waals surface area contributed by atoms with Crippen molar-refractivity contribution in [3.63, 3.8) is 0 Å². The third-order valence-corrected chi connectivity index (χ3v) is 9.26. The van der Waals surface area contributed by atoms with Crippen LogP contribution in [0.3, 0.4) is 0 Å². The zero-order valence-electron chi connectivity index (χ0n) is 18.0. The number of piperidine rings is 1. The summed E-state index contributed by atoms with van der Waals surface area (Å²) in [5, 5.41) is 8.63. The molecule has 2 heterocycles. The summed E-state index contributed by atoms with van der Waals surface area (Å²) in [5.41, 5.74) is 0. The number of hydrogen-bond donors (Lipinski definition) is 3. The van der Waals surface area contributed by atoms with Crippen molar-refractivity contribution in [1.82, 2.24) is 20.3 Å². The van der Waals surface area contributed by atoms with E-state index in [4.69, 9.17) is 0 Å². The van der Waals surface area contributed by atoms with E-state index in [1.807, 2.05) is 0 Å². The first-order valence-corrected chi connectivity index (χ1v) is 13.6. The van der Waals surface area contributed by atoms with Gasteiger partial charge in [0.1, 0.15) is 4.21 Å². The third-order valence-electron chi connectivity index (χ3n) is 5.81. The Bertz CT molecular complexity index is 828. The third kappa shape index (κ3) is 7.47. The predicted octanol–water partition coefficient (Wildman–Crippen LogP) is 2.95. The van der Waals surface area contributed by atoms with E-state index >= 15 is 0 Å². The van der Waals surface area contributed by atoms with Crippen LogP contribution in [0.2, 0.25) is 0 Å². The highest BCUT2D eigenvalue weighted by Crippen LogP contribution is 2.27. The van der Waals surface area contributed by atoms with Gasteiger partial charge in [0.25, 0.3) is 10.0 Å². The maximum absolute atomic E-state index is 12.7. The largest absolute Gasteiger partial charge is 0.351 e. The SMILES string of the molecule is O=C(CCCNC(=O)NC1CCCCC1)NCc1ccc(S(=O)(=O)N2CCCCC2)s1. The van der Waals surface area contributed by atoms with Gasteiger partial charge in [-0.25, -0.2) is 13.2 Å². The fourth-order valence-electron chi connectivity index (χ4n) is 4.03. The number of nitrogens with zero attached hydrogens (tertiary/aromatic N) is 1. The van der Waals surface area contributed by atoms with E-state index in [-0.39, 0.29) is 18.0 Å². The van der Waals surface area contributed by atoms with Crippen LogP contribution in [-0.4, -0.2) is 50.3 Å². The molecule has 1 saturated heterocycles. The molecule has 0 atom stereocenters. The molecule has 1 aromatic heterocycles. The second-order valence-corrected chi connectivity index (χ2v) is 11.6. The molecular formula is C21H34N4O4S2. The summed E-state index contributed by atoms with van der Waals surface area (Å²) in [6.45, 7) is 1.93. The minimum Gasteiger partial charge on any atom is -0.351 e. The molecule has 0 radical (unpaired) electrons. The molecule has 2 fully saturated rings. The molecule has 31 heavy (non-hydrogen) atoms. The molecule has 0 spiro atoms. The van der Waals surface area contributed by atoms with Gasteiger partial charge in [0.05, 0.1) is 6.54 Å². The number of thiophene rings is 1. The average molecular weight is 471 g/mol. The molecule has 1 aliphatic heterocycles. The number of nitrogens with one attached hydrogen (secondary N) is 3. The molecule has 1 saturated carbocycles. The molecule has 3 N–H and O–H groups in total. The van der Waals surface area contributed by atoms with Crippen LogP contribution in [0.1, 0.15) is 69.1 Å². The molecule has 0 unspecified atom stereocenters. The Balaban J connectivity index is 1.32. The van der Waals surface area contributed by atoms with E-state index in [0.29, 0.717) is 43.2 Å². The van der Waals surface area contributed by atoms with E-state index in [1.54, 1.807) is 16.4 Å². The molecule has 3 rings (SSSR count). The highest BCUT2D eigenvalue weighted by Gasteiger charge is 2.27. The Morgan fingerprint density at radius 1 is 1.00 bits per heavy atom. The molecule has 0 bridgehead atoms. The highest BCUT2D eigenvalue weighted by atomic mass is 32.2. The lowest BCUT2D eigenvalue weighted by molar-refractivity contribution is -0.121. The van der Waals surface area contributed by atoms with E-state index in [1.165, 1.54) is 30.6 Å². The first-order valence-electron chi connectivity index (χ1n) is 11.3. The molecule has 1 aromatic rings. The summed E-state index contributed by atoms with van der Waals surface area (Å²) >= 11 is 1.21. The number of carbonyl (C=O) groups excluding carboxylic acids is 2. The quantitative estimate of drug-likeness (QED) is 0.482. The van der Waals surface area contributed by atoms with Gasteiger partial charge in [-0.3, -0.25) is 4.79 Å². The van der Waals surface area contributed by atoms with Crippen LogP contribution in [-0.2, 0) is 21.4 Å². The molecule has 0 aromatic carbocycles. The Kier molecular flexibility index (Phi) is 9.15. The molecule has 174 valence electrons. The van der Waals surface area contributed by atoms with Crippen LogP contribution in [0.4, 0.5) is 4.79 Å². The van der Waals surface area contributed by atoms with Gasteiger partial charge in [-0.05, 0) is 44.2 Å². The van der Waals surface area contributed by atoms with Crippen molar-refractivity contribution in [2.75, 3.05) is 19.6 Å². The van der Waals surface area contributed by atoms with Crippen LogP contribution in [0.15, 0.2) is 16.3 Å². The Morgan fingerprint density at radius 3 is 2.45 bits per heavy atom. The molecule has 8 nitrogen and oxygen atoms in total. The fourth-order valence-corrected chi connectivity index (χ4v) is 7.00. The summed E-state index contributed by atoms with van der Waals surface area (Å²) in [7, 11) is -3.42. The minimum absolute atomic E-state index is 0.108. The van der Waals surface area contributed by atoms with Crippen molar-refractivity contribution in [3.8, 4) is 0 Å². The second-order valence-electron chi connectivity index (χ2n) is 8.30. The smallest absolute Gasteiger partial charge is 0.315 e. The van der Waals surface area contributed by atoms with Crippen molar-refractivity contribution in [3.05, 3.63) is 17.0 Å². The van der Waals surface area contributed by atoms with Gasteiger partial charge in [0.2, 0.25) is 5.91 Å². The van der Waals surface area contributed by atoms with Crippen LogP contribution >= 0.6 is 11.3 Å². The first-order chi connectivity index (χ1) is 14.9. The van der Waals surface area contributed by atoms with Crippen molar-refractivity contribution in [2.24, 2.45) is 0 Å². The number of rotatable bonds is 9. The lowest BCUT2D eigenvalue weighted by atomic mass is 9.96. The van der Waals surface area contributed by atoms with Gasteiger partial charge in [-0.1, -0.05) is 25.7 Å². The van der Waals surface area contributed by atoms with Gasteiger partial charge >= 0.3 is 6.03 Å². The van der Waals surface area contributed by atoms with Gasteiger partial charge < -0.3 is 16.0 Å². The molecule has 1 aliphatic carbocycles. The zero-order chi connectivity index (χ0) is 22.1. The number of carbonyl (C=O) groups is 2. The first kappa shape index (κ1) is 24.0. The van der Waals surface area contributed by atoms with Crippen molar-refractivity contribution in [1.29, 1.82) is 0 Å². The van der Waals surface area contributed by atoms with Gasteiger partial charge in [0, 0.05) is 37.0 Å². The maximum Gasteiger partial charge on any atom is 0.315 e. The fraction of sp³-hybridized carbons (Fsp3) is 0.714. The van der Waals surface area contributed by atoms with Gasteiger partial charge in [0.15, 0.2) is 0 Å². The zero-order valence-corrected chi connectivity index (χ0v) is 19.7. The van der Waals surface area contributed by atoms with Crippen molar-refractivity contribution in [2.45, 2.75) is 81.0 Å². The predicted molar refractivity (Wildman–Crippen MR) is 121 cm³/mol. The van der Waals surface area contributed by atoms with E-state index in [2.05, 4.69) is 16.0 Å². The van der Waals surface area contributed by atoms with E-state index < -0.39 is 10.0 Å². The van der Waals surface area contributed by atoms with Crippen molar-refractivity contribution >= 4 is 33.3 Å². The number of hydrogen-bond acceptors (Lipinski definition) is 5. The molecule has 2 aliphatic rings. The Morgan fingerprint density at radius 2 is 1.71 bits per heavy atom. The van der Waals surface area contributed by atoms with E-state index in [0.717, 1.165) is 37.0 Å². The topological polar surface area (TPSA) is 108 Å². The lowest BCUT2D eigenvalue weighted by Gasteiger charge is -2.25. The molecule has 10 heteroatoms. The second kappa shape index (κ2) is 11.8. The summed E-state index contributed by atoms with van der Waals surface area (Å²) in [5.74, 6) is -0.108. The summed E-state index contributed by atoms with van der Waals surface area (Å²) < 4.78 is 27.3. The Labute approximate surface area is 189 Å². The minimum atomic E-state index is -3.42. The summed E-state index contributed by atoms with van der Waals surface area (Å²) in [4.78, 5) is 24.8. The summed E-state index contributed by atoms with van der Waals surface area (Å²) in [6.07, 6.45) is 9.43. The van der Waals surface area contributed by atoms with Gasteiger partial charge in [-0.15, -0.1) is 11.3 Å². The van der Waals surface area contributed by atoms with Crippen LogP contribution in [0.5, 0.6) is 0 Å². The molecule has 3 amide bonds. The highest BCUT2D eigenvalue weighted by molar-refractivity contribution is 7.91. The lowest BCUT2D eigenvalue weighted by Crippen LogP contribution is -2.43. The number of sulfonamides is 1. The normalized spacial score (nSPS) is 18.5.